The average Bonchev–Trinajstić information content (AvgIpc) is 2.78. The van der Waals surface area contributed by atoms with Crippen molar-refractivity contribution in [3.8, 4) is 0 Å². The maximum absolute atomic E-state index is 14.0. The number of carbonyl (C=O) groups excluding carboxylic acids is 2. The lowest BCUT2D eigenvalue weighted by Gasteiger charge is -2.39. The van der Waals surface area contributed by atoms with Gasteiger partial charge in [0.15, 0.2) is 11.6 Å². The van der Waals surface area contributed by atoms with Gasteiger partial charge in [-0.1, -0.05) is 6.07 Å². The van der Waals surface area contributed by atoms with E-state index in [-0.39, 0.29) is 31.1 Å². The topological polar surface area (TPSA) is 58.6 Å². The van der Waals surface area contributed by atoms with Crippen molar-refractivity contribution in [2.75, 3.05) is 13.1 Å². The summed E-state index contributed by atoms with van der Waals surface area (Å²) < 4.78 is 112. The molecule has 0 aromatic heterocycles. The van der Waals surface area contributed by atoms with Gasteiger partial charge in [-0.25, -0.2) is 13.6 Å². The van der Waals surface area contributed by atoms with Gasteiger partial charge >= 0.3 is 18.4 Å². The van der Waals surface area contributed by atoms with E-state index in [4.69, 9.17) is 4.74 Å². The van der Waals surface area contributed by atoms with Crippen LogP contribution in [-0.4, -0.2) is 41.6 Å². The summed E-state index contributed by atoms with van der Waals surface area (Å²) in [6.45, 7) is 4.76. The van der Waals surface area contributed by atoms with Crippen molar-refractivity contribution >= 4 is 12.0 Å². The Labute approximate surface area is 212 Å². The monoisotopic (exact) mass is 552 g/mol. The number of amides is 2. The SMILES string of the molecule is CC(C)(C)OC(=O)N1CCC(NC(=O)c2cc(C(F)(F)F)cc(C(F)(F)F)c2)C(c2ccc(F)c(F)c2)C1. The van der Waals surface area contributed by atoms with Crippen LogP contribution < -0.4 is 5.32 Å². The predicted octanol–water partition coefficient (Wildman–Crippen LogP) is 6.53. The Morgan fingerprint density at radius 3 is 1.97 bits per heavy atom. The zero-order valence-corrected chi connectivity index (χ0v) is 20.4. The van der Waals surface area contributed by atoms with E-state index in [0.717, 1.165) is 12.1 Å². The van der Waals surface area contributed by atoms with E-state index in [1.165, 1.54) is 11.0 Å². The van der Waals surface area contributed by atoms with Crippen LogP contribution in [0.5, 0.6) is 0 Å². The minimum absolute atomic E-state index is 0.000263. The Morgan fingerprint density at radius 1 is 0.895 bits per heavy atom. The minimum atomic E-state index is -5.15. The molecule has 0 saturated carbocycles. The Bertz CT molecular complexity index is 1170. The smallest absolute Gasteiger partial charge is 0.416 e. The molecular weight excluding hydrogens is 528 g/mol. The number of halogens is 8. The third-order valence-electron chi connectivity index (χ3n) is 5.80. The van der Waals surface area contributed by atoms with Crippen LogP contribution in [0.1, 0.15) is 60.2 Å². The van der Waals surface area contributed by atoms with Crippen molar-refractivity contribution < 1.29 is 49.4 Å². The zero-order valence-electron chi connectivity index (χ0n) is 20.4. The van der Waals surface area contributed by atoms with Gasteiger partial charge in [0.05, 0.1) is 11.1 Å². The van der Waals surface area contributed by atoms with E-state index in [0.29, 0.717) is 12.1 Å². The van der Waals surface area contributed by atoms with E-state index >= 15 is 0 Å². The fraction of sp³-hybridized carbons (Fsp3) is 0.440. The fourth-order valence-corrected chi connectivity index (χ4v) is 4.04. The Balaban J connectivity index is 1.94. The molecule has 208 valence electrons. The van der Waals surface area contributed by atoms with E-state index in [9.17, 15) is 44.7 Å². The van der Waals surface area contributed by atoms with Crippen molar-refractivity contribution in [2.24, 2.45) is 0 Å². The molecule has 1 N–H and O–H groups in total. The molecule has 2 atom stereocenters. The summed E-state index contributed by atoms with van der Waals surface area (Å²) in [6, 6.07) is 2.45. The van der Waals surface area contributed by atoms with Crippen LogP contribution in [0.2, 0.25) is 0 Å². The van der Waals surface area contributed by atoms with Gasteiger partial charge < -0.3 is 15.0 Å². The number of rotatable bonds is 3. The molecular formula is C25H24F8N2O3. The summed E-state index contributed by atoms with van der Waals surface area (Å²) in [5, 5.41) is 2.41. The van der Waals surface area contributed by atoms with Gasteiger partial charge in [-0.05, 0) is 63.1 Å². The molecule has 1 saturated heterocycles. The molecule has 38 heavy (non-hydrogen) atoms. The summed E-state index contributed by atoms with van der Waals surface area (Å²) in [5.41, 5.74) is -4.89. The molecule has 1 fully saturated rings. The van der Waals surface area contributed by atoms with Crippen LogP contribution in [0, 0.1) is 11.6 Å². The number of piperidine rings is 1. The number of hydrogen-bond donors (Lipinski definition) is 1. The molecule has 2 unspecified atom stereocenters. The first-order valence-electron chi connectivity index (χ1n) is 11.4. The number of nitrogens with one attached hydrogen (secondary N) is 1. The Kier molecular flexibility index (Phi) is 7.99. The number of likely N-dealkylation sites (tertiary alicyclic amines) is 1. The quantitative estimate of drug-likeness (QED) is 0.441. The van der Waals surface area contributed by atoms with Crippen molar-refractivity contribution in [3.63, 3.8) is 0 Å². The van der Waals surface area contributed by atoms with Gasteiger partial charge in [0, 0.05) is 30.6 Å². The molecule has 0 aliphatic carbocycles. The van der Waals surface area contributed by atoms with Gasteiger partial charge in [-0.2, -0.15) is 26.3 Å². The summed E-state index contributed by atoms with van der Waals surface area (Å²) >= 11 is 0. The van der Waals surface area contributed by atoms with Crippen LogP contribution in [0.3, 0.4) is 0 Å². The highest BCUT2D eigenvalue weighted by Crippen LogP contribution is 2.37. The van der Waals surface area contributed by atoms with Crippen LogP contribution in [0.4, 0.5) is 39.9 Å². The second kappa shape index (κ2) is 10.4. The zero-order chi connectivity index (χ0) is 28.6. The van der Waals surface area contributed by atoms with E-state index in [1.807, 2.05) is 0 Å². The van der Waals surface area contributed by atoms with Crippen LogP contribution in [0.25, 0.3) is 0 Å². The highest BCUT2D eigenvalue weighted by atomic mass is 19.4. The lowest BCUT2D eigenvalue weighted by atomic mass is 9.85. The lowest BCUT2D eigenvalue weighted by molar-refractivity contribution is -0.143. The molecule has 2 aromatic rings. The molecule has 13 heteroatoms. The number of ether oxygens (including phenoxy) is 1. The van der Waals surface area contributed by atoms with Crippen molar-refractivity contribution in [3.05, 3.63) is 70.3 Å². The molecule has 3 rings (SSSR count). The molecule has 2 aromatic carbocycles. The highest BCUT2D eigenvalue weighted by Gasteiger charge is 2.39. The van der Waals surface area contributed by atoms with E-state index in [2.05, 4.69) is 5.32 Å². The predicted molar refractivity (Wildman–Crippen MR) is 119 cm³/mol. The normalized spacial score (nSPS) is 18.8. The Morgan fingerprint density at radius 2 is 1.47 bits per heavy atom. The minimum Gasteiger partial charge on any atom is -0.444 e. The molecule has 1 heterocycles. The first-order chi connectivity index (χ1) is 17.3. The number of hydrogen-bond acceptors (Lipinski definition) is 3. The summed E-state index contributed by atoms with van der Waals surface area (Å²) in [4.78, 5) is 26.8. The number of benzene rings is 2. The third-order valence-corrected chi connectivity index (χ3v) is 5.80. The second-order valence-electron chi connectivity index (χ2n) is 9.87. The van der Waals surface area contributed by atoms with Crippen molar-refractivity contribution in [2.45, 2.75) is 57.1 Å². The molecule has 1 aliphatic rings. The third kappa shape index (κ3) is 7.13. The molecule has 1 aliphatic heterocycles. The number of alkyl halides is 6. The summed E-state index contributed by atoms with van der Waals surface area (Å²) in [7, 11) is 0. The second-order valence-corrected chi connectivity index (χ2v) is 9.87. The average molecular weight is 552 g/mol. The standard InChI is InChI=1S/C25H24F8N2O3/c1-23(2,3)38-22(37)35-7-6-20(17(12-35)13-4-5-18(26)19(27)10-13)34-21(36)14-8-15(24(28,29)30)11-16(9-14)25(31,32)33/h4-5,8-11,17,20H,6-7,12H2,1-3H3,(H,34,36). The highest BCUT2D eigenvalue weighted by molar-refractivity contribution is 5.95. The van der Waals surface area contributed by atoms with Crippen LogP contribution >= 0.6 is 0 Å². The Hall–Kier alpha value is -3.38. The largest absolute Gasteiger partial charge is 0.444 e. The van der Waals surface area contributed by atoms with E-state index in [1.54, 1.807) is 20.8 Å². The molecule has 5 nitrogen and oxygen atoms in total. The first kappa shape index (κ1) is 29.2. The molecule has 0 bridgehead atoms. The fourth-order valence-electron chi connectivity index (χ4n) is 4.04. The number of carbonyl (C=O) groups is 2. The van der Waals surface area contributed by atoms with Crippen molar-refractivity contribution in [1.29, 1.82) is 0 Å². The lowest BCUT2D eigenvalue weighted by Crippen LogP contribution is -2.52. The van der Waals surface area contributed by atoms with Crippen molar-refractivity contribution in [1.82, 2.24) is 10.2 Å². The van der Waals surface area contributed by atoms with Gasteiger partial charge in [-0.3, -0.25) is 4.79 Å². The number of nitrogens with zero attached hydrogens (tertiary/aromatic N) is 1. The van der Waals surface area contributed by atoms with Gasteiger partial charge in [0.1, 0.15) is 5.60 Å². The molecule has 0 radical (unpaired) electrons. The maximum atomic E-state index is 14.0. The van der Waals surface area contributed by atoms with Crippen LogP contribution in [-0.2, 0) is 17.1 Å². The summed E-state index contributed by atoms with van der Waals surface area (Å²) in [5.74, 6) is -4.49. The molecule has 2 amide bonds. The van der Waals surface area contributed by atoms with E-state index < -0.39 is 70.2 Å². The van der Waals surface area contributed by atoms with Crippen LogP contribution in [0.15, 0.2) is 36.4 Å². The van der Waals surface area contributed by atoms with Gasteiger partial charge in [0.25, 0.3) is 5.91 Å². The van der Waals surface area contributed by atoms with Gasteiger partial charge in [0.2, 0.25) is 0 Å². The molecule has 0 spiro atoms. The first-order valence-corrected chi connectivity index (χ1v) is 11.4. The van der Waals surface area contributed by atoms with Gasteiger partial charge in [-0.15, -0.1) is 0 Å². The summed E-state index contributed by atoms with van der Waals surface area (Å²) in [6.07, 6.45) is -11.0. The maximum Gasteiger partial charge on any atom is 0.416 e.